The first kappa shape index (κ1) is 19.6. The fraction of sp³-hybridized carbons (Fsp3) is 0.312. The van der Waals surface area contributed by atoms with Crippen LogP contribution in [0.2, 0.25) is 0 Å². The van der Waals surface area contributed by atoms with Crippen LogP contribution in [0, 0.1) is 6.92 Å². The number of aryl methyl sites for hydroxylation is 1. The average Bonchev–Trinajstić information content (AvgIpc) is 2.91. The van der Waals surface area contributed by atoms with Gasteiger partial charge in [0.1, 0.15) is 6.54 Å². The number of carbonyl (C=O) groups excluding carboxylic acids is 2. The molecule has 0 spiro atoms. The fourth-order valence-electron chi connectivity index (χ4n) is 2.03. The van der Waals surface area contributed by atoms with Gasteiger partial charge in [-0.25, -0.2) is 0 Å². The molecule has 26 heavy (non-hydrogen) atoms. The van der Waals surface area contributed by atoms with Gasteiger partial charge in [0.25, 0.3) is 0 Å². The van der Waals surface area contributed by atoms with Crippen LogP contribution in [-0.2, 0) is 16.1 Å². The zero-order valence-corrected chi connectivity index (χ0v) is 14.7. The second-order valence-electron chi connectivity index (χ2n) is 5.06. The van der Waals surface area contributed by atoms with E-state index in [2.05, 4.69) is 4.74 Å². The van der Waals surface area contributed by atoms with E-state index in [1.807, 2.05) is 0 Å². The third kappa shape index (κ3) is 4.88. The highest BCUT2D eigenvalue weighted by Crippen LogP contribution is 2.29. The van der Waals surface area contributed by atoms with Crippen molar-refractivity contribution in [2.24, 2.45) is 0 Å². The molecule has 0 atom stereocenters. The van der Waals surface area contributed by atoms with Crippen LogP contribution in [0.3, 0.4) is 0 Å². The van der Waals surface area contributed by atoms with E-state index in [-0.39, 0.29) is 28.5 Å². The quantitative estimate of drug-likeness (QED) is 0.510. The second kappa shape index (κ2) is 8.56. The van der Waals surface area contributed by atoms with Crippen molar-refractivity contribution in [3.8, 4) is 11.5 Å². The summed E-state index contributed by atoms with van der Waals surface area (Å²) in [6, 6.07) is 3.62. The summed E-state index contributed by atoms with van der Waals surface area (Å²) in [7, 11) is 1.24. The Morgan fingerprint density at radius 2 is 2.00 bits per heavy atom. The molecule has 1 aromatic heterocycles. The number of ether oxygens (including phenoxy) is 3. The number of alkyl halides is 2. The average molecular weight is 387 g/mol. The van der Waals surface area contributed by atoms with E-state index in [0.29, 0.717) is 5.69 Å². The number of hydrogen-bond donors (Lipinski definition) is 0. The Labute approximate surface area is 150 Å². The molecular formula is C16H15F2NO6S. The predicted octanol–water partition coefficient (Wildman–Crippen LogP) is 2.25. The predicted molar refractivity (Wildman–Crippen MR) is 88.2 cm³/mol. The van der Waals surface area contributed by atoms with E-state index in [0.717, 1.165) is 17.4 Å². The molecular weight excluding hydrogens is 372 g/mol. The number of methoxy groups -OCH3 is 1. The fourth-order valence-corrected chi connectivity index (χ4v) is 2.77. The van der Waals surface area contributed by atoms with Gasteiger partial charge in [0, 0.05) is 16.6 Å². The van der Waals surface area contributed by atoms with Crippen molar-refractivity contribution < 1.29 is 32.6 Å². The van der Waals surface area contributed by atoms with Crippen LogP contribution in [0.25, 0.3) is 0 Å². The summed E-state index contributed by atoms with van der Waals surface area (Å²) in [6.07, 6.45) is 0. The molecule has 0 saturated carbocycles. The van der Waals surface area contributed by atoms with Crippen molar-refractivity contribution in [2.45, 2.75) is 20.1 Å². The SMILES string of the molecule is COc1cc(C(=O)COC(=O)Cn2c(C)csc2=O)ccc1OC(F)F. The van der Waals surface area contributed by atoms with Crippen LogP contribution in [0.1, 0.15) is 16.1 Å². The summed E-state index contributed by atoms with van der Waals surface area (Å²) < 4.78 is 39.9. The van der Waals surface area contributed by atoms with E-state index < -0.39 is 25.0 Å². The number of aromatic nitrogens is 1. The number of nitrogens with zero attached hydrogens (tertiary/aromatic N) is 1. The zero-order valence-electron chi connectivity index (χ0n) is 13.9. The summed E-state index contributed by atoms with van der Waals surface area (Å²) in [4.78, 5) is 35.1. The molecule has 0 fully saturated rings. The van der Waals surface area contributed by atoms with Gasteiger partial charge in [-0.15, -0.1) is 0 Å². The first-order chi connectivity index (χ1) is 12.3. The van der Waals surface area contributed by atoms with Crippen LogP contribution < -0.4 is 14.3 Å². The third-order valence-corrected chi connectivity index (χ3v) is 4.21. The minimum atomic E-state index is -3.03. The maximum Gasteiger partial charge on any atom is 0.387 e. The molecule has 0 saturated heterocycles. The van der Waals surface area contributed by atoms with E-state index in [1.165, 1.54) is 23.8 Å². The van der Waals surface area contributed by atoms with Gasteiger partial charge in [-0.05, 0) is 25.1 Å². The van der Waals surface area contributed by atoms with Crippen molar-refractivity contribution in [1.82, 2.24) is 4.57 Å². The van der Waals surface area contributed by atoms with Crippen LogP contribution in [0.4, 0.5) is 8.78 Å². The number of halogens is 2. The Morgan fingerprint density at radius 1 is 1.27 bits per heavy atom. The molecule has 0 N–H and O–H groups in total. The highest BCUT2D eigenvalue weighted by molar-refractivity contribution is 7.07. The molecule has 2 rings (SSSR count). The van der Waals surface area contributed by atoms with Gasteiger partial charge in [-0.2, -0.15) is 8.78 Å². The van der Waals surface area contributed by atoms with E-state index in [9.17, 15) is 23.2 Å². The minimum absolute atomic E-state index is 0.0528. The van der Waals surface area contributed by atoms with Crippen molar-refractivity contribution >= 4 is 23.1 Å². The summed E-state index contributed by atoms with van der Waals surface area (Å²) in [6.45, 7) is -2.22. The molecule has 140 valence electrons. The molecule has 2 aromatic rings. The molecule has 0 aliphatic rings. The maximum atomic E-state index is 12.3. The normalized spacial score (nSPS) is 10.7. The van der Waals surface area contributed by atoms with E-state index in [4.69, 9.17) is 9.47 Å². The molecule has 0 bridgehead atoms. The van der Waals surface area contributed by atoms with Gasteiger partial charge < -0.3 is 14.2 Å². The molecule has 0 radical (unpaired) electrons. The van der Waals surface area contributed by atoms with E-state index >= 15 is 0 Å². The zero-order chi connectivity index (χ0) is 19.3. The van der Waals surface area contributed by atoms with Crippen LogP contribution in [0.15, 0.2) is 28.4 Å². The molecule has 0 unspecified atom stereocenters. The second-order valence-corrected chi connectivity index (χ2v) is 5.88. The topological polar surface area (TPSA) is 83.8 Å². The number of hydrogen-bond acceptors (Lipinski definition) is 7. The standard InChI is InChI=1S/C16H15F2NO6S/c1-9-8-26-16(22)19(9)6-14(21)24-7-11(20)10-3-4-12(25-15(17)18)13(5-10)23-2/h3-5,8,15H,6-7H2,1-2H3. The van der Waals surface area contributed by atoms with Gasteiger partial charge in [-0.3, -0.25) is 19.0 Å². The van der Waals surface area contributed by atoms with Crippen LogP contribution in [0.5, 0.6) is 11.5 Å². The molecule has 1 aromatic carbocycles. The van der Waals surface area contributed by atoms with Gasteiger partial charge in [0.15, 0.2) is 23.9 Å². The first-order valence-corrected chi connectivity index (χ1v) is 8.16. The Morgan fingerprint density at radius 3 is 2.58 bits per heavy atom. The number of ketones is 1. The summed E-state index contributed by atoms with van der Waals surface area (Å²) in [5.74, 6) is -1.58. The lowest BCUT2D eigenvalue weighted by Crippen LogP contribution is -2.24. The number of thiazole rings is 1. The molecule has 0 aliphatic carbocycles. The van der Waals surface area contributed by atoms with Crippen molar-refractivity contribution in [1.29, 1.82) is 0 Å². The number of carbonyl (C=O) groups is 2. The lowest BCUT2D eigenvalue weighted by molar-refractivity contribution is -0.143. The Bertz CT molecular complexity index is 861. The lowest BCUT2D eigenvalue weighted by Gasteiger charge is -2.11. The molecule has 7 nitrogen and oxygen atoms in total. The number of esters is 1. The first-order valence-electron chi connectivity index (χ1n) is 7.28. The highest BCUT2D eigenvalue weighted by Gasteiger charge is 2.16. The summed E-state index contributed by atoms with van der Waals surface area (Å²) in [5, 5.41) is 1.61. The van der Waals surface area contributed by atoms with Crippen molar-refractivity contribution in [3.63, 3.8) is 0 Å². The Kier molecular flexibility index (Phi) is 6.45. The van der Waals surface area contributed by atoms with E-state index in [1.54, 1.807) is 12.3 Å². The van der Waals surface area contributed by atoms with Crippen molar-refractivity contribution in [2.75, 3.05) is 13.7 Å². The lowest BCUT2D eigenvalue weighted by atomic mass is 10.1. The molecule has 0 aliphatic heterocycles. The molecule has 0 amide bonds. The van der Waals surface area contributed by atoms with Crippen molar-refractivity contribution in [3.05, 3.63) is 44.5 Å². The van der Waals surface area contributed by atoms with Crippen LogP contribution in [-0.4, -0.2) is 36.6 Å². The maximum absolute atomic E-state index is 12.3. The highest BCUT2D eigenvalue weighted by atomic mass is 32.1. The Hall–Kier alpha value is -2.75. The number of benzene rings is 1. The molecule has 1 heterocycles. The van der Waals surface area contributed by atoms with Gasteiger partial charge in [0.2, 0.25) is 0 Å². The Balaban J connectivity index is 1.99. The third-order valence-electron chi connectivity index (χ3n) is 3.33. The monoisotopic (exact) mass is 387 g/mol. The number of Topliss-reactive ketones (excluding diaryl/α,β-unsaturated/α-hetero) is 1. The van der Waals surface area contributed by atoms with Crippen LogP contribution >= 0.6 is 11.3 Å². The largest absolute Gasteiger partial charge is 0.493 e. The molecule has 10 heteroatoms. The smallest absolute Gasteiger partial charge is 0.387 e. The summed E-state index contributed by atoms with van der Waals surface area (Å²) in [5.41, 5.74) is 0.711. The minimum Gasteiger partial charge on any atom is -0.493 e. The number of rotatable bonds is 8. The van der Waals surface area contributed by atoms with Gasteiger partial charge >= 0.3 is 17.5 Å². The summed E-state index contributed by atoms with van der Waals surface area (Å²) >= 11 is 0.957. The van der Waals surface area contributed by atoms with Gasteiger partial charge in [0.05, 0.1) is 7.11 Å². The van der Waals surface area contributed by atoms with Gasteiger partial charge in [-0.1, -0.05) is 11.3 Å².